The largest absolute Gasteiger partial charge is 0.496 e. The third kappa shape index (κ3) is 5.23. The molecule has 37 heavy (non-hydrogen) atoms. The van der Waals surface area contributed by atoms with Crippen molar-refractivity contribution in [2.24, 2.45) is 5.73 Å². The first-order chi connectivity index (χ1) is 17.9. The molecular weight excluding hydrogens is 486 g/mol. The van der Waals surface area contributed by atoms with Crippen LogP contribution in [0.15, 0.2) is 71.6 Å². The van der Waals surface area contributed by atoms with Crippen LogP contribution in [0.5, 0.6) is 5.75 Å². The van der Waals surface area contributed by atoms with Gasteiger partial charge in [-0.05, 0) is 73.3 Å². The second-order valence-corrected chi connectivity index (χ2v) is 10.9. The number of amides is 2. The van der Waals surface area contributed by atoms with Crippen LogP contribution in [0.1, 0.15) is 41.0 Å². The van der Waals surface area contributed by atoms with E-state index >= 15 is 0 Å². The number of rotatable bonds is 7. The van der Waals surface area contributed by atoms with E-state index in [1.54, 1.807) is 31.4 Å². The number of benzene rings is 3. The maximum Gasteiger partial charge on any atom is 0.313 e. The highest BCUT2D eigenvalue weighted by molar-refractivity contribution is 8.00. The molecule has 1 fully saturated rings. The molecule has 0 spiro atoms. The lowest BCUT2D eigenvalue weighted by Crippen LogP contribution is -2.30. The number of primary amides is 1. The Morgan fingerprint density at radius 1 is 1.11 bits per heavy atom. The molecule has 3 aromatic carbocycles. The zero-order chi connectivity index (χ0) is 26.0. The van der Waals surface area contributed by atoms with Gasteiger partial charge in [-0.2, -0.15) is 0 Å². The molecule has 4 N–H and O–H groups in total. The van der Waals surface area contributed by atoms with Gasteiger partial charge in [-0.3, -0.25) is 14.5 Å². The summed E-state index contributed by atoms with van der Waals surface area (Å²) in [6.07, 6.45) is 3.12. The molecule has 2 aliphatic heterocycles. The number of carbonyl (C=O) groups excluding carboxylic acids is 2. The molecule has 8 heteroatoms. The highest BCUT2D eigenvalue weighted by atomic mass is 32.2. The third-order valence-corrected chi connectivity index (χ3v) is 8.62. The summed E-state index contributed by atoms with van der Waals surface area (Å²) in [5.41, 5.74) is 9.56. The molecule has 0 saturated carbocycles. The Labute approximate surface area is 221 Å². The number of aliphatic hydroxyl groups is 1. The van der Waals surface area contributed by atoms with Gasteiger partial charge in [0.1, 0.15) is 10.7 Å². The van der Waals surface area contributed by atoms with E-state index in [9.17, 15) is 14.7 Å². The van der Waals surface area contributed by atoms with Gasteiger partial charge in [-0.15, -0.1) is 0 Å². The molecule has 2 heterocycles. The number of carbonyl (C=O) groups is 2. The fourth-order valence-corrected chi connectivity index (χ4v) is 6.68. The number of anilines is 1. The number of ether oxygens (including phenoxy) is 1. The number of nitrogens with two attached hydrogens (primary N) is 1. The molecule has 0 aliphatic carbocycles. The molecule has 192 valence electrons. The van der Waals surface area contributed by atoms with Crippen LogP contribution in [-0.4, -0.2) is 42.0 Å². The highest BCUT2D eigenvalue weighted by Crippen LogP contribution is 2.58. The maximum atomic E-state index is 12.1. The van der Waals surface area contributed by atoms with Crippen molar-refractivity contribution in [3.63, 3.8) is 0 Å². The van der Waals surface area contributed by atoms with Gasteiger partial charge >= 0.3 is 11.8 Å². The Morgan fingerprint density at radius 2 is 1.84 bits per heavy atom. The van der Waals surface area contributed by atoms with Crippen molar-refractivity contribution < 1.29 is 19.4 Å². The smallest absolute Gasteiger partial charge is 0.313 e. The molecule has 0 bridgehead atoms. The van der Waals surface area contributed by atoms with Gasteiger partial charge in [0.2, 0.25) is 0 Å². The molecule has 3 aromatic rings. The predicted octanol–water partition coefficient (Wildman–Crippen LogP) is 3.99. The fourth-order valence-electron chi connectivity index (χ4n) is 5.27. The van der Waals surface area contributed by atoms with E-state index in [1.807, 2.05) is 18.2 Å². The zero-order valence-electron chi connectivity index (χ0n) is 20.8. The first-order valence-electron chi connectivity index (χ1n) is 12.5. The summed E-state index contributed by atoms with van der Waals surface area (Å²) in [6.45, 7) is 3.13. The van der Waals surface area contributed by atoms with Crippen molar-refractivity contribution in [1.29, 1.82) is 0 Å². The number of nitrogens with one attached hydrogen (secondary N) is 1. The molecule has 2 unspecified atom stereocenters. The second-order valence-electron chi connectivity index (χ2n) is 9.62. The summed E-state index contributed by atoms with van der Waals surface area (Å²) >= 11 is 1.43. The van der Waals surface area contributed by atoms with Gasteiger partial charge in [-0.1, -0.05) is 54.2 Å². The van der Waals surface area contributed by atoms with E-state index in [2.05, 4.69) is 34.5 Å². The van der Waals surface area contributed by atoms with E-state index in [0.29, 0.717) is 17.7 Å². The molecule has 7 nitrogen and oxygen atoms in total. The zero-order valence-corrected chi connectivity index (χ0v) is 21.6. The Balaban J connectivity index is 1.42. The Kier molecular flexibility index (Phi) is 7.24. The summed E-state index contributed by atoms with van der Waals surface area (Å²) in [6, 6.07) is 21.4. The number of fused-ring (bicyclic) bond motifs is 1. The Bertz CT molecular complexity index is 1310. The van der Waals surface area contributed by atoms with Crippen LogP contribution in [0.25, 0.3) is 0 Å². The number of hydrogen-bond donors (Lipinski definition) is 3. The van der Waals surface area contributed by atoms with E-state index in [4.69, 9.17) is 10.5 Å². The van der Waals surface area contributed by atoms with E-state index in [0.717, 1.165) is 41.4 Å². The molecule has 5 rings (SSSR count). The molecular formula is C29H31N3O4S. The standard InChI is InChI=1S/C29H31N3O4S/c1-36-25-17-19(8-9-20(25)18-32-14-4-5-15-32)16-24-23-6-2-3-7-26(23)37-29(24,35)21-10-12-22(13-11-21)31-28(34)27(30)33/h2-3,6-13,17,24,35H,4-5,14-16,18H2,1H3,(H2,30,33)(H,31,34). The Hall–Kier alpha value is -3.33. The quantitative estimate of drug-likeness (QED) is 0.410. The molecule has 2 atom stereocenters. The van der Waals surface area contributed by atoms with Crippen LogP contribution in [-0.2, 0) is 27.5 Å². The predicted molar refractivity (Wildman–Crippen MR) is 144 cm³/mol. The van der Waals surface area contributed by atoms with Crippen LogP contribution in [0.2, 0.25) is 0 Å². The van der Waals surface area contributed by atoms with Gasteiger partial charge in [-0.25, -0.2) is 0 Å². The average Bonchev–Trinajstić information content (AvgIpc) is 3.51. The van der Waals surface area contributed by atoms with Crippen LogP contribution in [0.3, 0.4) is 0 Å². The first-order valence-corrected chi connectivity index (χ1v) is 13.3. The molecule has 0 radical (unpaired) electrons. The third-order valence-electron chi connectivity index (χ3n) is 7.20. The minimum atomic E-state index is -1.21. The molecule has 2 aliphatic rings. The normalized spacial score (nSPS) is 21.0. The number of nitrogens with zero attached hydrogens (tertiary/aromatic N) is 1. The average molecular weight is 518 g/mol. The number of thioether (sulfide) groups is 1. The van der Waals surface area contributed by atoms with Crippen molar-refractivity contribution in [2.45, 2.75) is 41.6 Å². The van der Waals surface area contributed by atoms with Gasteiger partial charge in [0.25, 0.3) is 0 Å². The van der Waals surface area contributed by atoms with Gasteiger partial charge in [0.05, 0.1) is 7.11 Å². The van der Waals surface area contributed by atoms with E-state index in [1.165, 1.54) is 30.2 Å². The van der Waals surface area contributed by atoms with Crippen LogP contribution >= 0.6 is 11.8 Å². The summed E-state index contributed by atoms with van der Waals surface area (Å²) in [5, 5.41) is 14.6. The van der Waals surface area contributed by atoms with Gasteiger partial charge in [0, 0.05) is 28.6 Å². The van der Waals surface area contributed by atoms with E-state index < -0.39 is 16.7 Å². The van der Waals surface area contributed by atoms with Crippen LogP contribution < -0.4 is 15.8 Å². The van der Waals surface area contributed by atoms with Crippen molar-refractivity contribution >= 4 is 29.3 Å². The number of likely N-dealkylation sites (tertiary alicyclic amines) is 1. The van der Waals surface area contributed by atoms with Crippen molar-refractivity contribution in [2.75, 3.05) is 25.5 Å². The topological polar surface area (TPSA) is 105 Å². The van der Waals surface area contributed by atoms with E-state index in [-0.39, 0.29) is 5.92 Å². The minimum Gasteiger partial charge on any atom is -0.496 e. The van der Waals surface area contributed by atoms with Gasteiger partial charge in [0.15, 0.2) is 0 Å². The fraction of sp³-hybridized carbons (Fsp3) is 0.310. The number of hydrogen-bond acceptors (Lipinski definition) is 6. The lowest BCUT2D eigenvalue weighted by atomic mass is 9.84. The lowest BCUT2D eigenvalue weighted by Gasteiger charge is -2.30. The van der Waals surface area contributed by atoms with Crippen molar-refractivity contribution in [1.82, 2.24) is 4.90 Å². The van der Waals surface area contributed by atoms with Crippen LogP contribution in [0, 0.1) is 0 Å². The van der Waals surface area contributed by atoms with Crippen LogP contribution in [0.4, 0.5) is 5.69 Å². The van der Waals surface area contributed by atoms with Crippen molar-refractivity contribution in [3.8, 4) is 5.75 Å². The first kappa shape index (κ1) is 25.3. The SMILES string of the molecule is COc1cc(CC2c3ccccc3SC2(O)c2ccc(NC(=O)C(N)=O)cc2)ccc1CN1CCCC1. The molecule has 1 saturated heterocycles. The highest BCUT2D eigenvalue weighted by Gasteiger charge is 2.47. The summed E-state index contributed by atoms with van der Waals surface area (Å²) in [7, 11) is 1.71. The van der Waals surface area contributed by atoms with Gasteiger partial charge < -0.3 is 20.9 Å². The summed E-state index contributed by atoms with van der Waals surface area (Å²) in [5.74, 6) is -1.25. The Morgan fingerprint density at radius 3 is 2.54 bits per heavy atom. The summed E-state index contributed by atoms with van der Waals surface area (Å²) < 4.78 is 5.77. The maximum absolute atomic E-state index is 12.1. The minimum absolute atomic E-state index is 0.200. The molecule has 0 aromatic heterocycles. The van der Waals surface area contributed by atoms with Crippen molar-refractivity contribution in [3.05, 3.63) is 89.0 Å². The monoisotopic (exact) mass is 517 g/mol. The second kappa shape index (κ2) is 10.6. The molecule has 2 amide bonds. The summed E-state index contributed by atoms with van der Waals surface area (Å²) in [4.78, 5) is 25.0. The lowest BCUT2D eigenvalue weighted by molar-refractivity contribution is -0.134. The number of methoxy groups -OCH3 is 1.